The quantitative estimate of drug-likeness (QED) is 0.701. The van der Waals surface area contributed by atoms with Crippen LogP contribution < -0.4 is 20.1 Å². The highest BCUT2D eigenvalue weighted by atomic mass is 35.5. The summed E-state index contributed by atoms with van der Waals surface area (Å²) in [5.74, 6) is 1.67. The summed E-state index contributed by atoms with van der Waals surface area (Å²) in [7, 11) is 1.77. The number of nitrogens with zero attached hydrogens (tertiary/aromatic N) is 2. The standard InChI is InChI=1S/C19H17ClN4O3/c1-24-10-22-18(17(24)19(25)23-14-4-2-3-13(20)8-14)21-9-12-5-6-15-16(7-12)27-11-26-15/h2-8,10,21H,9,11H2,1H3,(H,23,25). The first-order valence-corrected chi connectivity index (χ1v) is 8.68. The van der Waals surface area contributed by atoms with Gasteiger partial charge in [0.15, 0.2) is 23.0 Å². The number of ether oxygens (including phenoxy) is 2. The minimum absolute atomic E-state index is 0.236. The molecule has 138 valence electrons. The molecule has 0 fully saturated rings. The summed E-state index contributed by atoms with van der Waals surface area (Å²) in [6.07, 6.45) is 1.59. The Kier molecular flexibility index (Phi) is 4.60. The Hall–Kier alpha value is -3.19. The smallest absolute Gasteiger partial charge is 0.276 e. The van der Waals surface area contributed by atoms with Gasteiger partial charge in [0, 0.05) is 24.3 Å². The Bertz CT molecular complexity index is 1000. The second-order valence-corrected chi connectivity index (χ2v) is 6.49. The number of halogens is 1. The predicted octanol–water partition coefficient (Wildman–Crippen LogP) is 3.67. The van der Waals surface area contributed by atoms with Gasteiger partial charge in [-0.15, -0.1) is 0 Å². The number of hydrogen-bond acceptors (Lipinski definition) is 5. The number of fused-ring (bicyclic) bond motifs is 1. The van der Waals surface area contributed by atoms with E-state index in [0.717, 1.165) is 11.3 Å². The van der Waals surface area contributed by atoms with E-state index in [1.807, 2.05) is 18.2 Å². The van der Waals surface area contributed by atoms with Crippen LogP contribution in [0.3, 0.4) is 0 Å². The number of hydrogen-bond donors (Lipinski definition) is 2. The molecule has 0 saturated heterocycles. The predicted molar refractivity (Wildman–Crippen MR) is 103 cm³/mol. The molecule has 2 heterocycles. The van der Waals surface area contributed by atoms with Gasteiger partial charge in [0.1, 0.15) is 0 Å². The summed E-state index contributed by atoms with van der Waals surface area (Å²) in [6.45, 7) is 0.728. The highest BCUT2D eigenvalue weighted by molar-refractivity contribution is 6.31. The van der Waals surface area contributed by atoms with Crippen molar-refractivity contribution in [2.75, 3.05) is 17.4 Å². The normalized spacial score (nSPS) is 12.1. The molecule has 3 aromatic rings. The zero-order valence-corrected chi connectivity index (χ0v) is 15.3. The monoisotopic (exact) mass is 384 g/mol. The number of amides is 1. The first-order valence-electron chi connectivity index (χ1n) is 8.31. The van der Waals surface area contributed by atoms with Crippen molar-refractivity contribution in [2.45, 2.75) is 6.54 Å². The zero-order valence-electron chi connectivity index (χ0n) is 14.5. The molecule has 0 saturated carbocycles. The number of aryl methyl sites for hydroxylation is 1. The van der Waals surface area contributed by atoms with Crippen LogP contribution in [0.25, 0.3) is 0 Å². The van der Waals surface area contributed by atoms with Crippen molar-refractivity contribution >= 4 is 29.0 Å². The van der Waals surface area contributed by atoms with E-state index >= 15 is 0 Å². The SMILES string of the molecule is Cn1cnc(NCc2ccc3c(c2)OCO3)c1C(=O)Nc1cccc(Cl)c1. The third-order valence-electron chi connectivity index (χ3n) is 4.13. The van der Waals surface area contributed by atoms with E-state index in [1.165, 1.54) is 0 Å². The minimum Gasteiger partial charge on any atom is -0.454 e. The lowest BCUT2D eigenvalue weighted by atomic mass is 10.2. The molecule has 27 heavy (non-hydrogen) atoms. The van der Waals surface area contributed by atoms with Crippen LogP contribution >= 0.6 is 11.6 Å². The van der Waals surface area contributed by atoms with Gasteiger partial charge in [0.2, 0.25) is 6.79 Å². The van der Waals surface area contributed by atoms with Crippen LogP contribution in [-0.4, -0.2) is 22.3 Å². The lowest BCUT2D eigenvalue weighted by Crippen LogP contribution is -2.17. The maximum atomic E-state index is 12.7. The van der Waals surface area contributed by atoms with Gasteiger partial charge in [0.05, 0.1) is 6.33 Å². The van der Waals surface area contributed by atoms with Crippen molar-refractivity contribution in [1.29, 1.82) is 0 Å². The van der Waals surface area contributed by atoms with Crippen molar-refractivity contribution < 1.29 is 14.3 Å². The van der Waals surface area contributed by atoms with Gasteiger partial charge >= 0.3 is 0 Å². The third-order valence-corrected chi connectivity index (χ3v) is 4.37. The van der Waals surface area contributed by atoms with Gasteiger partial charge in [-0.2, -0.15) is 0 Å². The van der Waals surface area contributed by atoms with Crippen molar-refractivity contribution in [3.05, 3.63) is 65.1 Å². The van der Waals surface area contributed by atoms with E-state index in [9.17, 15) is 4.79 Å². The van der Waals surface area contributed by atoms with Gasteiger partial charge in [0.25, 0.3) is 5.91 Å². The molecule has 1 aliphatic heterocycles. The molecule has 0 unspecified atom stereocenters. The third kappa shape index (κ3) is 3.68. The van der Waals surface area contributed by atoms with E-state index in [1.54, 1.807) is 42.2 Å². The summed E-state index contributed by atoms with van der Waals surface area (Å²) in [5, 5.41) is 6.60. The summed E-state index contributed by atoms with van der Waals surface area (Å²) in [5.41, 5.74) is 2.04. The topological polar surface area (TPSA) is 77.4 Å². The molecule has 0 radical (unpaired) electrons. The molecule has 1 aromatic heterocycles. The molecule has 1 amide bonds. The van der Waals surface area contributed by atoms with Crippen LogP contribution in [0.5, 0.6) is 11.5 Å². The first kappa shape index (κ1) is 17.2. The van der Waals surface area contributed by atoms with Gasteiger partial charge in [-0.3, -0.25) is 4.79 Å². The molecule has 7 nitrogen and oxygen atoms in total. The van der Waals surface area contributed by atoms with Gasteiger partial charge in [-0.05, 0) is 35.9 Å². The molecule has 1 aliphatic rings. The Balaban J connectivity index is 1.49. The maximum Gasteiger partial charge on any atom is 0.276 e. The van der Waals surface area contributed by atoms with Crippen molar-refractivity contribution in [2.24, 2.45) is 7.05 Å². The number of anilines is 2. The van der Waals surface area contributed by atoms with Crippen LogP contribution in [-0.2, 0) is 13.6 Å². The van der Waals surface area contributed by atoms with Gasteiger partial charge in [-0.1, -0.05) is 23.7 Å². The van der Waals surface area contributed by atoms with E-state index in [0.29, 0.717) is 34.5 Å². The van der Waals surface area contributed by atoms with Gasteiger partial charge in [-0.25, -0.2) is 4.98 Å². The Labute approximate surface area is 160 Å². The summed E-state index contributed by atoms with van der Waals surface area (Å²) < 4.78 is 12.4. The average Bonchev–Trinajstić information content (AvgIpc) is 3.25. The van der Waals surface area contributed by atoms with Crippen LogP contribution in [0.2, 0.25) is 5.02 Å². The largest absolute Gasteiger partial charge is 0.454 e. The van der Waals surface area contributed by atoms with Crippen LogP contribution in [0.1, 0.15) is 16.1 Å². The molecule has 0 atom stereocenters. The number of nitrogens with one attached hydrogen (secondary N) is 2. The van der Waals surface area contributed by atoms with Crippen LogP contribution in [0.4, 0.5) is 11.5 Å². The van der Waals surface area contributed by atoms with Crippen molar-refractivity contribution in [1.82, 2.24) is 9.55 Å². The fraction of sp³-hybridized carbons (Fsp3) is 0.158. The van der Waals surface area contributed by atoms with E-state index in [2.05, 4.69) is 15.6 Å². The highest BCUT2D eigenvalue weighted by Gasteiger charge is 2.18. The van der Waals surface area contributed by atoms with E-state index < -0.39 is 0 Å². The highest BCUT2D eigenvalue weighted by Crippen LogP contribution is 2.32. The molecule has 2 N–H and O–H groups in total. The number of benzene rings is 2. The zero-order chi connectivity index (χ0) is 18.8. The van der Waals surface area contributed by atoms with Gasteiger partial charge < -0.3 is 24.7 Å². The van der Waals surface area contributed by atoms with Crippen LogP contribution in [0.15, 0.2) is 48.8 Å². The summed E-state index contributed by atoms with van der Waals surface area (Å²) >= 11 is 5.97. The number of aromatic nitrogens is 2. The fourth-order valence-corrected chi connectivity index (χ4v) is 3.01. The maximum absolute atomic E-state index is 12.7. The Morgan fingerprint density at radius 1 is 1.22 bits per heavy atom. The molecule has 0 spiro atoms. The lowest BCUT2D eigenvalue weighted by molar-refractivity contribution is 0.102. The van der Waals surface area contributed by atoms with E-state index in [4.69, 9.17) is 21.1 Å². The second kappa shape index (κ2) is 7.20. The molecule has 0 bridgehead atoms. The molecule has 2 aromatic carbocycles. The number of rotatable bonds is 5. The molecule has 0 aliphatic carbocycles. The molecule has 8 heteroatoms. The minimum atomic E-state index is -0.273. The molecular formula is C19H17ClN4O3. The summed E-state index contributed by atoms with van der Waals surface area (Å²) in [6, 6.07) is 12.7. The average molecular weight is 385 g/mol. The number of carbonyl (C=O) groups is 1. The van der Waals surface area contributed by atoms with Crippen molar-refractivity contribution in [3.63, 3.8) is 0 Å². The molecular weight excluding hydrogens is 368 g/mol. The Morgan fingerprint density at radius 2 is 2.07 bits per heavy atom. The second-order valence-electron chi connectivity index (χ2n) is 6.06. The van der Waals surface area contributed by atoms with Crippen molar-refractivity contribution in [3.8, 4) is 11.5 Å². The van der Waals surface area contributed by atoms with Crippen LogP contribution in [0, 0.1) is 0 Å². The fourth-order valence-electron chi connectivity index (χ4n) is 2.82. The Morgan fingerprint density at radius 3 is 2.93 bits per heavy atom. The lowest BCUT2D eigenvalue weighted by Gasteiger charge is -2.10. The van der Waals surface area contributed by atoms with E-state index in [-0.39, 0.29) is 12.7 Å². The number of carbonyl (C=O) groups excluding carboxylic acids is 1. The molecule has 4 rings (SSSR count). The first-order chi connectivity index (χ1) is 13.1. The summed E-state index contributed by atoms with van der Waals surface area (Å²) in [4.78, 5) is 17.0. The number of imidazole rings is 1.